The minimum Gasteiger partial charge on any atom is -0.467 e. The summed E-state index contributed by atoms with van der Waals surface area (Å²) in [6, 6.07) is 0.406. The van der Waals surface area contributed by atoms with Gasteiger partial charge in [0.2, 0.25) is 0 Å². The van der Waals surface area contributed by atoms with Crippen LogP contribution in [0.1, 0.15) is 17.1 Å². The fourth-order valence-electron chi connectivity index (χ4n) is 1.48. The molecule has 0 atom stereocenters. The maximum atomic E-state index is 4.97. The Morgan fingerprint density at radius 1 is 1.31 bits per heavy atom. The van der Waals surface area contributed by atoms with E-state index in [-0.39, 0.29) is 0 Å². The average molecular weight is 218 g/mol. The quantitative estimate of drug-likeness (QED) is 0.780. The molecule has 0 saturated heterocycles. The maximum Gasteiger partial charge on any atom is 0.316 e. The Morgan fingerprint density at radius 2 is 2.12 bits per heavy atom. The van der Waals surface area contributed by atoms with Crippen LogP contribution >= 0.6 is 0 Å². The molecule has 0 spiro atoms. The summed E-state index contributed by atoms with van der Waals surface area (Å²) in [5.41, 5.74) is 2.00. The molecule has 0 radical (unpaired) electrons. The van der Waals surface area contributed by atoms with Crippen LogP contribution in [-0.2, 0) is 6.54 Å². The van der Waals surface area contributed by atoms with Crippen molar-refractivity contribution >= 4 is 0 Å². The van der Waals surface area contributed by atoms with Crippen molar-refractivity contribution in [2.45, 2.75) is 20.4 Å². The summed E-state index contributed by atoms with van der Waals surface area (Å²) in [4.78, 5) is 12.5. The molecule has 0 amide bonds. The largest absolute Gasteiger partial charge is 0.467 e. The predicted molar refractivity (Wildman–Crippen MR) is 59.4 cm³/mol. The van der Waals surface area contributed by atoms with Gasteiger partial charge in [-0.25, -0.2) is 15.0 Å². The van der Waals surface area contributed by atoms with Crippen molar-refractivity contribution in [3.05, 3.63) is 35.7 Å². The van der Waals surface area contributed by atoms with E-state index in [2.05, 4.69) is 19.5 Å². The fraction of sp³-hybridized carbons (Fsp3) is 0.364. The summed E-state index contributed by atoms with van der Waals surface area (Å²) in [6.45, 7) is 4.66. The first kappa shape index (κ1) is 10.6. The Bertz CT molecular complexity index is 492. The molecule has 0 aromatic carbocycles. The summed E-state index contributed by atoms with van der Waals surface area (Å²) < 4.78 is 7.02. The van der Waals surface area contributed by atoms with Crippen LogP contribution in [0.5, 0.6) is 6.01 Å². The molecule has 0 N–H and O–H groups in total. The van der Waals surface area contributed by atoms with Gasteiger partial charge in [-0.1, -0.05) is 0 Å². The van der Waals surface area contributed by atoms with E-state index in [9.17, 15) is 0 Å². The molecular formula is C11H14N4O. The van der Waals surface area contributed by atoms with Gasteiger partial charge in [-0.15, -0.1) is 0 Å². The van der Waals surface area contributed by atoms with Crippen LogP contribution in [0.4, 0.5) is 0 Å². The van der Waals surface area contributed by atoms with Crippen LogP contribution in [0.2, 0.25) is 0 Å². The van der Waals surface area contributed by atoms with Crippen LogP contribution in [0.15, 0.2) is 18.6 Å². The van der Waals surface area contributed by atoms with E-state index < -0.39 is 0 Å². The third-order valence-electron chi connectivity index (χ3n) is 2.51. The molecule has 2 rings (SSSR count). The number of ether oxygens (including phenoxy) is 1. The van der Waals surface area contributed by atoms with Gasteiger partial charge in [-0.2, -0.15) is 0 Å². The predicted octanol–water partition coefficient (Wildman–Crippen LogP) is 1.35. The minimum absolute atomic E-state index is 0.406. The first-order valence-electron chi connectivity index (χ1n) is 5.05. The summed E-state index contributed by atoms with van der Waals surface area (Å²) in [5.74, 6) is 0.982. The lowest BCUT2D eigenvalue weighted by molar-refractivity contribution is 0.378. The lowest BCUT2D eigenvalue weighted by atomic mass is 10.2. The average Bonchev–Trinajstić information content (AvgIpc) is 2.67. The highest BCUT2D eigenvalue weighted by Gasteiger charge is 2.05. The monoisotopic (exact) mass is 218 g/mol. The fourth-order valence-corrected chi connectivity index (χ4v) is 1.48. The number of rotatable bonds is 3. The maximum absolute atomic E-state index is 4.97. The van der Waals surface area contributed by atoms with E-state index in [4.69, 9.17) is 4.74 Å². The molecule has 0 bridgehead atoms. The van der Waals surface area contributed by atoms with Crippen molar-refractivity contribution in [1.29, 1.82) is 0 Å². The van der Waals surface area contributed by atoms with E-state index in [1.807, 2.05) is 20.0 Å². The molecule has 0 aliphatic carbocycles. The lowest BCUT2D eigenvalue weighted by Gasteiger charge is -2.08. The van der Waals surface area contributed by atoms with Crippen molar-refractivity contribution in [2.24, 2.45) is 0 Å². The second-order valence-electron chi connectivity index (χ2n) is 3.57. The summed E-state index contributed by atoms with van der Waals surface area (Å²) in [6.07, 6.45) is 5.52. The molecule has 0 unspecified atom stereocenters. The number of hydrogen-bond acceptors (Lipinski definition) is 4. The topological polar surface area (TPSA) is 52.8 Å². The smallest absolute Gasteiger partial charge is 0.316 e. The Kier molecular flexibility index (Phi) is 2.85. The first-order chi connectivity index (χ1) is 7.70. The van der Waals surface area contributed by atoms with E-state index in [1.54, 1.807) is 19.5 Å². The standard InChI is InChI=1S/C11H14N4O/c1-8-10(6-13-11(14-8)16-3)7-15-5-4-12-9(15)2/h4-6H,7H2,1-3H3. The normalized spacial score (nSPS) is 10.4. The second kappa shape index (κ2) is 4.30. The van der Waals surface area contributed by atoms with Gasteiger partial charge in [0.15, 0.2) is 0 Å². The molecule has 0 saturated carbocycles. The minimum atomic E-state index is 0.406. The van der Waals surface area contributed by atoms with Crippen LogP contribution in [0.25, 0.3) is 0 Å². The first-order valence-corrected chi connectivity index (χ1v) is 5.05. The van der Waals surface area contributed by atoms with E-state index >= 15 is 0 Å². The van der Waals surface area contributed by atoms with Crippen LogP contribution < -0.4 is 4.74 Å². The molecule has 2 heterocycles. The molecule has 16 heavy (non-hydrogen) atoms. The number of methoxy groups -OCH3 is 1. The van der Waals surface area contributed by atoms with Gasteiger partial charge in [0.05, 0.1) is 13.7 Å². The molecule has 84 valence electrons. The number of imidazole rings is 1. The van der Waals surface area contributed by atoms with Crippen molar-refractivity contribution in [3.63, 3.8) is 0 Å². The van der Waals surface area contributed by atoms with E-state index in [0.29, 0.717) is 6.01 Å². The van der Waals surface area contributed by atoms with Gasteiger partial charge in [0.1, 0.15) is 5.82 Å². The molecular weight excluding hydrogens is 204 g/mol. The molecule has 2 aromatic rings. The Balaban J connectivity index is 2.25. The summed E-state index contributed by atoms with van der Waals surface area (Å²) in [5, 5.41) is 0. The molecule has 5 heteroatoms. The van der Waals surface area contributed by atoms with Gasteiger partial charge in [0.25, 0.3) is 0 Å². The zero-order valence-corrected chi connectivity index (χ0v) is 9.64. The van der Waals surface area contributed by atoms with E-state index in [0.717, 1.165) is 23.6 Å². The van der Waals surface area contributed by atoms with Crippen LogP contribution in [0.3, 0.4) is 0 Å². The zero-order chi connectivity index (χ0) is 11.5. The van der Waals surface area contributed by atoms with Crippen molar-refractivity contribution < 1.29 is 4.74 Å². The third kappa shape index (κ3) is 2.03. The van der Waals surface area contributed by atoms with Gasteiger partial charge < -0.3 is 9.30 Å². The Hall–Kier alpha value is -1.91. The molecule has 0 aliphatic rings. The lowest BCUT2D eigenvalue weighted by Crippen LogP contribution is -2.05. The molecule has 0 fully saturated rings. The van der Waals surface area contributed by atoms with Crippen LogP contribution in [-0.4, -0.2) is 26.6 Å². The molecule has 2 aromatic heterocycles. The highest BCUT2D eigenvalue weighted by Crippen LogP contribution is 2.10. The van der Waals surface area contributed by atoms with Gasteiger partial charge in [0, 0.05) is 29.8 Å². The van der Waals surface area contributed by atoms with Gasteiger partial charge in [-0.05, 0) is 13.8 Å². The number of aryl methyl sites for hydroxylation is 2. The van der Waals surface area contributed by atoms with Crippen molar-refractivity contribution in [3.8, 4) is 6.01 Å². The summed E-state index contributed by atoms with van der Waals surface area (Å²) in [7, 11) is 1.56. The third-order valence-corrected chi connectivity index (χ3v) is 2.51. The second-order valence-corrected chi connectivity index (χ2v) is 3.57. The number of aromatic nitrogens is 4. The van der Waals surface area contributed by atoms with Crippen LogP contribution in [0, 0.1) is 13.8 Å². The molecule has 0 aliphatic heterocycles. The molecule has 5 nitrogen and oxygen atoms in total. The SMILES string of the molecule is COc1ncc(Cn2ccnc2C)c(C)n1. The van der Waals surface area contributed by atoms with Gasteiger partial charge in [-0.3, -0.25) is 0 Å². The Morgan fingerprint density at radius 3 is 2.69 bits per heavy atom. The Labute approximate surface area is 94.1 Å². The van der Waals surface area contributed by atoms with Crippen molar-refractivity contribution in [2.75, 3.05) is 7.11 Å². The highest BCUT2D eigenvalue weighted by molar-refractivity contribution is 5.18. The zero-order valence-electron chi connectivity index (χ0n) is 9.64. The highest BCUT2D eigenvalue weighted by atomic mass is 16.5. The number of nitrogens with zero attached hydrogens (tertiary/aromatic N) is 4. The van der Waals surface area contributed by atoms with Crippen molar-refractivity contribution in [1.82, 2.24) is 19.5 Å². The van der Waals surface area contributed by atoms with E-state index in [1.165, 1.54) is 0 Å². The van der Waals surface area contributed by atoms with Gasteiger partial charge >= 0.3 is 6.01 Å². The number of hydrogen-bond donors (Lipinski definition) is 0. The summed E-state index contributed by atoms with van der Waals surface area (Å²) >= 11 is 0.